The van der Waals surface area contributed by atoms with Gasteiger partial charge in [0, 0.05) is 19.1 Å². The van der Waals surface area contributed by atoms with Crippen molar-refractivity contribution in [1.29, 1.82) is 0 Å². The Labute approximate surface area is 115 Å². The summed E-state index contributed by atoms with van der Waals surface area (Å²) in [5, 5.41) is 8.93. The van der Waals surface area contributed by atoms with Crippen LogP contribution in [0, 0.1) is 5.92 Å². The number of nitrogens with zero attached hydrogens (tertiary/aromatic N) is 2. The Morgan fingerprint density at radius 1 is 1.37 bits per heavy atom. The van der Waals surface area contributed by atoms with Crippen LogP contribution in [-0.2, 0) is 9.59 Å². The van der Waals surface area contributed by atoms with Gasteiger partial charge in [-0.2, -0.15) is 0 Å². The average Bonchev–Trinajstić information content (AvgIpc) is 2.38. The number of rotatable bonds is 6. The van der Waals surface area contributed by atoms with E-state index in [4.69, 9.17) is 5.11 Å². The summed E-state index contributed by atoms with van der Waals surface area (Å²) in [7, 11) is 1.97. The third-order valence-electron chi connectivity index (χ3n) is 4.04. The van der Waals surface area contributed by atoms with Crippen LogP contribution in [0.5, 0.6) is 0 Å². The molecule has 0 spiro atoms. The molecule has 1 heterocycles. The van der Waals surface area contributed by atoms with Crippen molar-refractivity contribution in [3.63, 3.8) is 0 Å². The van der Waals surface area contributed by atoms with Crippen molar-refractivity contribution in [1.82, 2.24) is 9.80 Å². The van der Waals surface area contributed by atoms with Gasteiger partial charge >= 0.3 is 5.97 Å². The van der Waals surface area contributed by atoms with Crippen molar-refractivity contribution in [2.24, 2.45) is 5.92 Å². The summed E-state index contributed by atoms with van der Waals surface area (Å²) in [5.74, 6) is -0.893. The van der Waals surface area contributed by atoms with Crippen molar-refractivity contribution in [2.75, 3.05) is 26.7 Å². The molecule has 0 aliphatic carbocycles. The number of hydrogen-bond acceptors (Lipinski definition) is 3. The standard InChI is InChI=1S/C14H26N2O3/c1-4-5-11(2)15(3)10-13(17)16-8-6-12(7-9-16)14(18)19/h11-12H,4-10H2,1-3H3,(H,18,19). The Hall–Kier alpha value is -1.10. The monoisotopic (exact) mass is 270 g/mol. The molecule has 1 fully saturated rings. The zero-order chi connectivity index (χ0) is 14.4. The van der Waals surface area contributed by atoms with E-state index in [2.05, 4.69) is 18.7 Å². The Morgan fingerprint density at radius 2 is 1.95 bits per heavy atom. The van der Waals surface area contributed by atoms with Crippen molar-refractivity contribution >= 4 is 11.9 Å². The number of hydrogen-bond donors (Lipinski definition) is 1. The molecular formula is C14H26N2O3. The highest BCUT2D eigenvalue weighted by Gasteiger charge is 2.27. The fourth-order valence-electron chi connectivity index (χ4n) is 2.48. The van der Waals surface area contributed by atoms with Crippen LogP contribution >= 0.6 is 0 Å². The van der Waals surface area contributed by atoms with Gasteiger partial charge in [0.25, 0.3) is 0 Å². The number of aliphatic carboxylic acids is 1. The lowest BCUT2D eigenvalue weighted by molar-refractivity contribution is -0.146. The second-order valence-corrected chi connectivity index (χ2v) is 5.55. The van der Waals surface area contributed by atoms with Crippen LogP contribution in [0.4, 0.5) is 0 Å². The number of piperidine rings is 1. The minimum Gasteiger partial charge on any atom is -0.481 e. The molecule has 1 amide bonds. The second-order valence-electron chi connectivity index (χ2n) is 5.55. The first-order chi connectivity index (χ1) is 8.95. The van der Waals surface area contributed by atoms with Crippen LogP contribution in [-0.4, -0.2) is 59.5 Å². The van der Waals surface area contributed by atoms with Gasteiger partial charge in [-0.3, -0.25) is 14.5 Å². The molecule has 0 aromatic carbocycles. The van der Waals surface area contributed by atoms with Crippen LogP contribution in [0.1, 0.15) is 39.5 Å². The molecule has 1 aliphatic rings. The highest BCUT2D eigenvalue weighted by atomic mass is 16.4. The number of carbonyl (C=O) groups excluding carboxylic acids is 1. The number of carboxylic acid groups (broad SMARTS) is 1. The van der Waals surface area contributed by atoms with E-state index in [1.54, 1.807) is 4.90 Å². The summed E-state index contributed by atoms with van der Waals surface area (Å²) in [6, 6.07) is 0.408. The zero-order valence-electron chi connectivity index (χ0n) is 12.3. The Bertz CT molecular complexity index is 312. The van der Waals surface area contributed by atoms with Gasteiger partial charge in [-0.25, -0.2) is 0 Å². The fraction of sp³-hybridized carbons (Fsp3) is 0.857. The second kappa shape index (κ2) is 7.48. The summed E-state index contributed by atoms with van der Waals surface area (Å²) in [5.41, 5.74) is 0. The van der Waals surface area contributed by atoms with E-state index in [9.17, 15) is 9.59 Å². The summed E-state index contributed by atoms with van der Waals surface area (Å²) in [6.07, 6.45) is 3.36. The molecule has 5 nitrogen and oxygen atoms in total. The predicted octanol–water partition coefficient (Wildman–Crippen LogP) is 1.43. The summed E-state index contributed by atoms with van der Waals surface area (Å²) in [6.45, 7) is 5.85. The third kappa shape index (κ3) is 4.82. The van der Waals surface area contributed by atoms with Gasteiger partial charge in [0.2, 0.25) is 5.91 Å². The largest absolute Gasteiger partial charge is 0.481 e. The Kier molecular flexibility index (Phi) is 6.28. The van der Waals surface area contributed by atoms with E-state index in [-0.39, 0.29) is 11.8 Å². The molecule has 1 rings (SSSR count). The van der Waals surface area contributed by atoms with Crippen LogP contribution in [0.3, 0.4) is 0 Å². The van der Waals surface area contributed by atoms with Crippen molar-refractivity contribution in [3.05, 3.63) is 0 Å². The maximum Gasteiger partial charge on any atom is 0.306 e. The molecule has 1 saturated heterocycles. The number of likely N-dealkylation sites (tertiary alicyclic amines) is 1. The summed E-state index contributed by atoms with van der Waals surface area (Å²) >= 11 is 0. The van der Waals surface area contributed by atoms with Crippen LogP contribution in [0.15, 0.2) is 0 Å². The minimum absolute atomic E-state index is 0.120. The third-order valence-corrected chi connectivity index (χ3v) is 4.04. The van der Waals surface area contributed by atoms with E-state index in [0.29, 0.717) is 38.5 Å². The number of carboxylic acids is 1. The molecule has 110 valence electrons. The normalized spacial score (nSPS) is 18.6. The van der Waals surface area contributed by atoms with Crippen molar-refractivity contribution in [3.8, 4) is 0 Å². The van der Waals surface area contributed by atoms with E-state index >= 15 is 0 Å². The zero-order valence-corrected chi connectivity index (χ0v) is 12.3. The quantitative estimate of drug-likeness (QED) is 0.793. The van der Waals surface area contributed by atoms with Gasteiger partial charge in [-0.05, 0) is 33.2 Å². The molecule has 0 aromatic heterocycles. The molecule has 0 saturated carbocycles. The molecule has 1 aliphatic heterocycles. The average molecular weight is 270 g/mol. The Balaban J connectivity index is 2.37. The molecule has 0 radical (unpaired) electrons. The van der Waals surface area contributed by atoms with E-state index in [1.165, 1.54) is 0 Å². The van der Waals surface area contributed by atoms with Gasteiger partial charge in [0.05, 0.1) is 12.5 Å². The fourth-order valence-corrected chi connectivity index (χ4v) is 2.48. The molecule has 1 unspecified atom stereocenters. The molecule has 0 bridgehead atoms. The van der Waals surface area contributed by atoms with Gasteiger partial charge < -0.3 is 10.0 Å². The van der Waals surface area contributed by atoms with Crippen LogP contribution < -0.4 is 0 Å². The van der Waals surface area contributed by atoms with Crippen molar-refractivity contribution in [2.45, 2.75) is 45.6 Å². The Morgan fingerprint density at radius 3 is 2.42 bits per heavy atom. The maximum absolute atomic E-state index is 12.1. The lowest BCUT2D eigenvalue weighted by Crippen LogP contribution is -2.45. The SMILES string of the molecule is CCCC(C)N(C)CC(=O)N1CCC(C(=O)O)CC1. The number of amides is 1. The van der Waals surface area contributed by atoms with Gasteiger partial charge in [-0.1, -0.05) is 13.3 Å². The first kappa shape index (κ1) is 16.0. The van der Waals surface area contributed by atoms with E-state index < -0.39 is 5.97 Å². The van der Waals surface area contributed by atoms with Gasteiger partial charge in [0.1, 0.15) is 0 Å². The summed E-state index contributed by atoms with van der Waals surface area (Å²) < 4.78 is 0. The molecular weight excluding hydrogens is 244 g/mol. The number of carbonyl (C=O) groups is 2. The molecule has 0 aromatic rings. The molecule has 1 N–H and O–H groups in total. The highest BCUT2D eigenvalue weighted by molar-refractivity contribution is 5.79. The first-order valence-electron chi connectivity index (χ1n) is 7.16. The highest BCUT2D eigenvalue weighted by Crippen LogP contribution is 2.17. The van der Waals surface area contributed by atoms with Crippen LogP contribution in [0.25, 0.3) is 0 Å². The lowest BCUT2D eigenvalue weighted by atomic mass is 9.97. The smallest absolute Gasteiger partial charge is 0.306 e. The maximum atomic E-state index is 12.1. The summed E-state index contributed by atoms with van der Waals surface area (Å²) in [4.78, 5) is 26.9. The predicted molar refractivity (Wildman–Crippen MR) is 73.9 cm³/mol. The van der Waals surface area contributed by atoms with Gasteiger partial charge in [-0.15, -0.1) is 0 Å². The first-order valence-corrected chi connectivity index (χ1v) is 7.16. The molecule has 5 heteroatoms. The number of likely N-dealkylation sites (N-methyl/N-ethyl adjacent to an activating group) is 1. The minimum atomic E-state index is -0.735. The molecule has 19 heavy (non-hydrogen) atoms. The van der Waals surface area contributed by atoms with E-state index in [0.717, 1.165) is 12.8 Å². The topological polar surface area (TPSA) is 60.9 Å². The lowest BCUT2D eigenvalue weighted by Gasteiger charge is -2.32. The van der Waals surface area contributed by atoms with E-state index in [1.807, 2.05) is 7.05 Å². The van der Waals surface area contributed by atoms with Crippen LogP contribution in [0.2, 0.25) is 0 Å². The van der Waals surface area contributed by atoms with Crippen molar-refractivity contribution < 1.29 is 14.7 Å². The van der Waals surface area contributed by atoms with Gasteiger partial charge in [0.15, 0.2) is 0 Å². The molecule has 1 atom stereocenters.